The number of hydrogen-bond acceptors (Lipinski definition) is 5. The third-order valence-electron chi connectivity index (χ3n) is 5.98. The van der Waals surface area contributed by atoms with Crippen molar-refractivity contribution in [1.82, 2.24) is 9.80 Å². The lowest BCUT2D eigenvalue weighted by Crippen LogP contribution is -2.49. The number of nitrogens with one attached hydrogen (secondary N) is 1. The average molecular weight is 357 g/mol. The molecule has 6 heteroatoms. The zero-order valence-corrected chi connectivity index (χ0v) is 15.2. The zero-order chi connectivity index (χ0) is 18.1. The van der Waals surface area contributed by atoms with Gasteiger partial charge in [-0.2, -0.15) is 0 Å². The van der Waals surface area contributed by atoms with Crippen molar-refractivity contribution in [2.75, 3.05) is 51.2 Å². The summed E-state index contributed by atoms with van der Waals surface area (Å²) in [5.41, 5.74) is 3.94. The van der Waals surface area contributed by atoms with Crippen LogP contribution in [0.3, 0.4) is 0 Å². The van der Waals surface area contributed by atoms with Gasteiger partial charge in [-0.15, -0.1) is 0 Å². The summed E-state index contributed by atoms with van der Waals surface area (Å²) in [5.74, 6) is 0.314. The molecule has 1 aromatic carbocycles. The normalized spacial score (nSPS) is 24.1. The highest BCUT2D eigenvalue weighted by atomic mass is 16.3. The highest BCUT2D eigenvalue weighted by molar-refractivity contribution is 6.03. The van der Waals surface area contributed by atoms with Crippen molar-refractivity contribution in [3.63, 3.8) is 0 Å². The van der Waals surface area contributed by atoms with Crippen molar-refractivity contribution in [2.24, 2.45) is 5.92 Å². The van der Waals surface area contributed by atoms with Crippen molar-refractivity contribution in [2.45, 2.75) is 25.7 Å². The number of fused-ring (bicyclic) bond motifs is 2. The molecule has 2 N–H and O–H groups in total. The second-order valence-corrected chi connectivity index (χ2v) is 7.68. The first-order valence-corrected chi connectivity index (χ1v) is 9.69. The molecule has 1 aliphatic carbocycles. The summed E-state index contributed by atoms with van der Waals surface area (Å²) in [5, 5.41) is 12.0. The Bertz CT molecular complexity index is 710. The fraction of sp³-hybridized carbons (Fsp3) is 0.600. The van der Waals surface area contributed by atoms with Gasteiger partial charge in [-0.05, 0) is 36.5 Å². The lowest BCUT2D eigenvalue weighted by Gasteiger charge is -2.37. The van der Waals surface area contributed by atoms with Crippen LogP contribution in [0, 0.1) is 5.92 Å². The van der Waals surface area contributed by atoms with E-state index in [2.05, 4.69) is 21.2 Å². The van der Waals surface area contributed by atoms with E-state index in [4.69, 9.17) is 5.11 Å². The first-order chi connectivity index (χ1) is 12.6. The van der Waals surface area contributed by atoms with Crippen LogP contribution < -0.4 is 5.32 Å². The fourth-order valence-electron chi connectivity index (χ4n) is 4.42. The first kappa shape index (κ1) is 17.6. The Morgan fingerprint density at radius 3 is 2.54 bits per heavy atom. The topological polar surface area (TPSA) is 72.9 Å². The van der Waals surface area contributed by atoms with Crippen LogP contribution in [0.1, 0.15) is 34.3 Å². The van der Waals surface area contributed by atoms with Crippen molar-refractivity contribution in [3.05, 3.63) is 28.8 Å². The second-order valence-electron chi connectivity index (χ2n) is 7.68. The predicted octanol–water partition coefficient (Wildman–Crippen LogP) is 0.926. The van der Waals surface area contributed by atoms with E-state index in [1.165, 1.54) is 0 Å². The van der Waals surface area contributed by atoms with Crippen molar-refractivity contribution < 1.29 is 14.7 Å². The Morgan fingerprint density at radius 2 is 1.77 bits per heavy atom. The molecule has 0 spiro atoms. The number of Topliss-reactive ketones (excluding diaryl/α,β-unsaturated/α-hetero) is 1. The number of β-amino-alcohol motifs (C(OH)–C–C–N with tert-alkyl or cyclic N) is 1. The molecule has 1 saturated heterocycles. The summed E-state index contributed by atoms with van der Waals surface area (Å²) in [6.45, 7) is 5.58. The number of aliphatic hydroxyl groups is 1. The fourth-order valence-corrected chi connectivity index (χ4v) is 4.42. The maximum Gasteiger partial charge on any atom is 0.224 e. The Labute approximate surface area is 154 Å². The number of rotatable bonds is 4. The Hall–Kier alpha value is -1.76. The van der Waals surface area contributed by atoms with E-state index in [1.807, 2.05) is 6.07 Å². The van der Waals surface area contributed by atoms with E-state index in [1.54, 1.807) is 0 Å². The number of anilines is 1. The van der Waals surface area contributed by atoms with Gasteiger partial charge >= 0.3 is 0 Å². The summed E-state index contributed by atoms with van der Waals surface area (Å²) in [6, 6.07) is 4.04. The van der Waals surface area contributed by atoms with E-state index in [9.17, 15) is 9.59 Å². The van der Waals surface area contributed by atoms with Crippen LogP contribution in [0.2, 0.25) is 0 Å². The molecule has 0 saturated carbocycles. The quantitative estimate of drug-likeness (QED) is 0.839. The first-order valence-electron chi connectivity index (χ1n) is 9.69. The van der Waals surface area contributed by atoms with E-state index in [0.717, 1.165) is 80.9 Å². The van der Waals surface area contributed by atoms with E-state index in [0.29, 0.717) is 6.42 Å². The number of benzene rings is 1. The van der Waals surface area contributed by atoms with Crippen LogP contribution in [0.4, 0.5) is 5.69 Å². The molecule has 0 radical (unpaired) electrons. The molecule has 0 bridgehead atoms. The van der Waals surface area contributed by atoms with Crippen LogP contribution in [0.5, 0.6) is 0 Å². The highest BCUT2D eigenvalue weighted by Gasteiger charge is 2.31. The lowest BCUT2D eigenvalue weighted by atomic mass is 9.80. The van der Waals surface area contributed by atoms with E-state index < -0.39 is 0 Å². The summed E-state index contributed by atoms with van der Waals surface area (Å²) < 4.78 is 0. The number of piperazine rings is 1. The van der Waals surface area contributed by atoms with Crippen molar-refractivity contribution in [3.8, 4) is 0 Å². The standard InChI is InChI=1S/C20H27N3O3/c24-10-9-22-5-7-23(8-6-22)13-16-2-1-14-11-15-3-4-19(25)21-18(15)12-17(14)20(16)26/h11-12,16,24H,1-10,13H2,(H,21,25). The maximum absolute atomic E-state index is 13.0. The SMILES string of the molecule is O=C1CCc2cc3c(cc2N1)C(=O)C(CN1CCN(CCO)CC1)CC3. The van der Waals surface area contributed by atoms with Gasteiger partial charge in [0.1, 0.15) is 0 Å². The molecule has 0 aromatic heterocycles. The predicted molar refractivity (Wildman–Crippen MR) is 99.5 cm³/mol. The summed E-state index contributed by atoms with van der Waals surface area (Å²) in [4.78, 5) is 29.3. The Balaban J connectivity index is 1.43. The number of aryl methyl sites for hydroxylation is 2. The van der Waals surface area contributed by atoms with Gasteiger partial charge in [0.25, 0.3) is 0 Å². The molecular formula is C20H27N3O3. The smallest absolute Gasteiger partial charge is 0.224 e. The van der Waals surface area contributed by atoms with Gasteiger partial charge in [0.05, 0.1) is 6.61 Å². The summed E-state index contributed by atoms with van der Waals surface area (Å²) >= 11 is 0. The number of carbonyl (C=O) groups is 2. The minimum absolute atomic E-state index is 0.0398. The van der Waals surface area contributed by atoms with Gasteiger partial charge in [0.2, 0.25) is 5.91 Å². The number of carbonyl (C=O) groups excluding carboxylic acids is 2. The minimum Gasteiger partial charge on any atom is -0.395 e. The Kier molecular flexibility index (Phi) is 5.07. The van der Waals surface area contributed by atoms with Crippen LogP contribution in [-0.2, 0) is 17.6 Å². The van der Waals surface area contributed by atoms with Gasteiger partial charge in [-0.1, -0.05) is 6.07 Å². The van der Waals surface area contributed by atoms with E-state index >= 15 is 0 Å². The molecule has 2 aliphatic heterocycles. The van der Waals surface area contributed by atoms with Crippen molar-refractivity contribution in [1.29, 1.82) is 0 Å². The van der Waals surface area contributed by atoms with E-state index in [-0.39, 0.29) is 24.2 Å². The third kappa shape index (κ3) is 3.54. The monoisotopic (exact) mass is 357 g/mol. The minimum atomic E-state index is 0.0398. The van der Waals surface area contributed by atoms with Gasteiger partial charge < -0.3 is 15.3 Å². The summed E-state index contributed by atoms with van der Waals surface area (Å²) in [6.07, 6.45) is 3.15. The number of ketones is 1. The molecule has 4 rings (SSSR count). The van der Waals surface area contributed by atoms with Crippen LogP contribution in [0.15, 0.2) is 12.1 Å². The van der Waals surface area contributed by atoms with Gasteiger partial charge in [0, 0.05) is 62.9 Å². The molecule has 2 heterocycles. The molecule has 26 heavy (non-hydrogen) atoms. The molecule has 1 atom stereocenters. The van der Waals surface area contributed by atoms with Crippen LogP contribution in [0.25, 0.3) is 0 Å². The molecule has 1 fully saturated rings. The molecule has 3 aliphatic rings. The van der Waals surface area contributed by atoms with Crippen molar-refractivity contribution >= 4 is 17.4 Å². The molecular weight excluding hydrogens is 330 g/mol. The van der Waals surface area contributed by atoms with Gasteiger partial charge in [-0.25, -0.2) is 0 Å². The third-order valence-corrected chi connectivity index (χ3v) is 5.98. The largest absolute Gasteiger partial charge is 0.395 e. The number of aliphatic hydroxyl groups excluding tert-OH is 1. The molecule has 1 aromatic rings. The number of nitrogens with zero attached hydrogens (tertiary/aromatic N) is 2. The maximum atomic E-state index is 13.0. The molecule has 140 valence electrons. The average Bonchev–Trinajstić information content (AvgIpc) is 2.65. The van der Waals surface area contributed by atoms with Crippen LogP contribution in [-0.4, -0.2) is 72.5 Å². The molecule has 1 amide bonds. The van der Waals surface area contributed by atoms with Gasteiger partial charge in [0.15, 0.2) is 5.78 Å². The summed E-state index contributed by atoms with van der Waals surface area (Å²) in [7, 11) is 0. The lowest BCUT2D eigenvalue weighted by molar-refractivity contribution is -0.116. The molecule has 1 unspecified atom stereocenters. The highest BCUT2D eigenvalue weighted by Crippen LogP contribution is 2.33. The molecule has 6 nitrogen and oxygen atoms in total. The number of amides is 1. The Morgan fingerprint density at radius 1 is 1.00 bits per heavy atom. The second kappa shape index (κ2) is 7.47. The van der Waals surface area contributed by atoms with Crippen LogP contribution >= 0.6 is 0 Å². The van der Waals surface area contributed by atoms with Gasteiger partial charge in [-0.3, -0.25) is 14.5 Å². The number of hydrogen-bond donors (Lipinski definition) is 2. The zero-order valence-electron chi connectivity index (χ0n) is 15.2.